The summed E-state index contributed by atoms with van der Waals surface area (Å²) in [4.78, 5) is 28.2. The van der Waals surface area contributed by atoms with Crippen LogP contribution in [-0.2, 0) is 6.42 Å². The van der Waals surface area contributed by atoms with Gasteiger partial charge in [-0.2, -0.15) is 0 Å². The number of thiophene rings is 2. The first-order chi connectivity index (χ1) is 12.6. The van der Waals surface area contributed by atoms with Crippen molar-refractivity contribution in [1.82, 2.24) is 4.90 Å². The Balaban J connectivity index is 1.73. The fourth-order valence-electron chi connectivity index (χ4n) is 3.45. The maximum atomic E-state index is 13.2. The molecule has 0 radical (unpaired) electrons. The van der Waals surface area contributed by atoms with Gasteiger partial charge in [0.05, 0.1) is 11.0 Å². The molecule has 26 heavy (non-hydrogen) atoms. The minimum absolute atomic E-state index is 0.0371. The van der Waals surface area contributed by atoms with Gasteiger partial charge in [-0.15, -0.1) is 22.7 Å². The summed E-state index contributed by atoms with van der Waals surface area (Å²) < 4.78 is 0. The van der Waals surface area contributed by atoms with Crippen molar-refractivity contribution in [2.45, 2.75) is 19.4 Å². The lowest BCUT2D eigenvalue weighted by Crippen LogP contribution is -2.39. The summed E-state index contributed by atoms with van der Waals surface area (Å²) in [5.41, 5.74) is 2.22. The molecule has 3 aromatic rings. The minimum Gasteiger partial charge on any atom is -0.326 e. The SMILES string of the molecule is Cc1cc(C(=O)N2CCc3sccc3[C@@H]2c2cccs2)ccc1[N+](=O)[O-]. The third-order valence-corrected chi connectivity index (χ3v) is 6.60. The molecule has 5 nitrogen and oxygen atoms in total. The van der Waals surface area contributed by atoms with Crippen LogP contribution in [0.1, 0.15) is 37.3 Å². The zero-order valence-electron chi connectivity index (χ0n) is 14.0. The average Bonchev–Trinajstić information content (AvgIpc) is 3.31. The van der Waals surface area contributed by atoms with Gasteiger partial charge in [-0.25, -0.2) is 0 Å². The maximum Gasteiger partial charge on any atom is 0.272 e. The van der Waals surface area contributed by atoms with Crippen LogP contribution in [0.25, 0.3) is 0 Å². The summed E-state index contributed by atoms with van der Waals surface area (Å²) in [7, 11) is 0. The fourth-order valence-corrected chi connectivity index (χ4v) is 5.21. The molecule has 4 rings (SSSR count). The van der Waals surface area contributed by atoms with Crippen molar-refractivity contribution < 1.29 is 9.72 Å². The smallest absolute Gasteiger partial charge is 0.272 e. The van der Waals surface area contributed by atoms with E-state index in [0.717, 1.165) is 11.3 Å². The van der Waals surface area contributed by atoms with Crippen LogP contribution in [0.2, 0.25) is 0 Å². The number of nitro benzene ring substituents is 1. The molecule has 1 aliphatic heterocycles. The standard InChI is InChI=1S/C19H16N2O3S2/c1-12-11-13(4-5-15(12)21(23)24)19(22)20-8-6-16-14(7-10-26-16)18(20)17-3-2-9-25-17/h2-5,7,9-11,18H,6,8H2,1H3/t18-/m1/s1. The molecule has 0 saturated carbocycles. The van der Waals surface area contributed by atoms with E-state index < -0.39 is 4.92 Å². The van der Waals surface area contributed by atoms with Crippen molar-refractivity contribution in [3.05, 3.63) is 83.7 Å². The molecule has 1 atom stereocenters. The van der Waals surface area contributed by atoms with Crippen LogP contribution in [0, 0.1) is 17.0 Å². The summed E-state index contributed by atoms with van der Waals surface area (Å²) in [6, 6.07) is 10.7. The Hall–Kier alpha value is -2.51. The van der Waals surface area contributed by atoms with Gasteiger partial charge in [0.1, 0.15) is 0 Å². The normalized spacial score (nSPS) is 16.3. The Morgan fingerprint density at radius 2 is 2.08 bits per heavy atom. The van der Waals surface area contributed by atoms with E-state index in [2.05, 4.69) is 17.5 Å². The van der Waals surface area contributed by atoms with Crippen LogP contribution in [0.4, 0.5) is 5.69 Å². The molecule has 0 saturated heterocycles. The van der Waals surface area contributed by atoms with Crippen LogP contribution >= 0.6 is 22.7 Å². The first-order valence-electron chi connectivity index (χ1n) is 8.22. The third kappa shape index (κ3) is 2.83. The lowest BCUT2D eigenvalue weighted by atomic mass is 9.97. The van der Waals surface area contributed by atoms with Gasteiger partial charge in [-0.05, 0) is 53.9 Å². The predicted octanol–water partition coefficient (Wildman–Crippen LogP) is 4.81. The zero-order valence-corrected chi connectivity index (χ0v) is 15.7. The molecular weight excluding hydrogens is 368 g/mol. The van der Waals surface area contributed by atoms with E-state index in [1.54, 1.807) is 41.7 Å². The summed E-state index contributed by atoms with van der Waals surface area (Å²) in [6.45, 7) is 2.31. The first kappa shape index (κ1) is 16.9. The van der Waals surface area contributed by atoms with Gasteiger partial charge in [-0.3, -0.25) is 14.9 Å². The van der Waals surface area contributed by atoms with E-state index in [1.807, 2.05) is 16.3 Å². The number of fused-ring (bicyclic) bond motifs is 1. The summed E-state index contributed by atoms with van der Waals surface area (Å²) in [5, 5.41) is 15.1. The quantitative estimate of drug-likeness (QED) is 0.481. The second-order valence-corrected chi connectivity index (χ2v) is 8.20. The Morgan fingerprint density at radius 3 is 2.77 bits per heavy atom. The summed E-state index contributed by atoms with van der Waals surface area (Å²) >= 11 is 3.38. The lowest BCUT2D eigenvalue weighted by Gasteiger charge is -2.35. The van der Waals surface area contributed by atoms with Gasteiger partial charge >= 0.3 is 0 Å². The Bertz CT molecular complexity index is 979. The predicted molar refractivity (Wildman–Crippen MR) is 103 cm³/mol. The highest BCUT2D eigenvalue weighted by atomic mass is 32.1. The van der Waals surface area contributed by atoms with Gasteiger partial charge in [-0.1, -0.05) is 6.07 Å². The fraction of sp³-hybridized carbons (Fsp3) is 0.211. The number of amides is 1. The number of carbonyl (C=O) groups excluding carboxylic acids is 1. The number of rotatable bonds is 3. The van der Waals surface area contributed by atoms with Crippen molar-refractivity contribution in [1.29, 1.82) is 0 Å². The van der Waals surface area contributed by atoms with E-state index in [-0.39, 0.29) is 17.6 Å². The molecule has 1 aliphatic rings. The number of nitrogens with zero attached hydrogens (tertiary/aromatic N) is 2. The van der Waals surface area contributed by atoms with E-state index in [1.165, 1.54) is 16.5 Å². The third-order valence-electron chi connectivity index (χ3n) is 4.68. The van der Waals surface area contributed by atoms with Crippen molar-refractivity contribution in [2.75, 3.05) is 6.54 Å². The molecule has 0 N–H and O–H groups in total. The average molecular weight is 384 g/mol. The summed E-state index contributed by atoms with van der Waals surface area (Å²) in [6.07, 6.45) is 0.840. The lowest BCUT2D eigenvalue weighted by molar-refractivity contribution is -0.385. The number of carbonyl (C=O) groups is 1. The van der Waals surface area contributed by atoms with E-state index >= 15 is 0 Å². The molecule has 2 aromatic heterocycles. The highest BCUT2D eigenvalue weighted by Gasteiger charge is 2.34. The van der Waals surface area contributed by atoms with Crippen molar-refractivity contribution in [2.24, 2.45) is 0 Å². The number of hydrogen-bond donors (Lipinski definition) is 0. The molecule has 1 amide bonds. The molecule has 1 aromatic carbocycles. The Labute approximate surface area is 158 Å². The van der Waals surface area contributed by atoms with Gasteiger partial charge in [0.2, 0.25) is 0 Å². The van der Waals surface area contributed by atoms with Crippen molar-refractivity contribution in [3.63, 3.8) is 0 Å². The van der Waals surface area contributed by atoms with E-state index in [0.29, 0.717) is 17.7 Å². The molecular formula is C19H16N2O3S2. The molecule has 132 valence electrons. The highest BCUT2D eigenvalue weighted by molar-refractivity contribution is 7.10. The van der Waals surface area contributed by atoms with Gasteiger partial charge in [0, 0.05) is 33.5 Å². The largest absolute Gasteiger partial charge is 0.326 e. The van der Waals surface area contributed by atoms with Gasteiger partial charge < -0.3 is 4.90 Å². The Morgan fingerprint density at radius 1 is 1.23 bits per heavy atom. The second-order valence-electron chi connectivity index (χ2n) is 6.22. The number of nitro groups is 1. The first-order valence-corrected chi connectivity index (χ1v) is 9.98. The van der Waals surface area contributed by atoms with Crippen molar-refractivity contribution in [3.8, 4) is 0 Å². The second kappa shape index (κ2) is 6.66. The number of aryl methyl sites for hydroxylation is 1. The van der Waals surface area contributed by atoms with Crippen LogP contribution < -0.4 is 0 Å². The highest BCUT2D eigenvalue weighted by Crippen LogP contribution is 2.40. The molecule has 0 bridgehead atoms. The zero-order chi connectivity index (χ0) is 18.3. The molecule has 0 spiro atoms. The van der Waals surface area contributed by atoms with Crippen LogP contribution in [0.15, 0.2) is 47.2 Å². The van der Waals surface area contributed by atoms with Crippen LogP contribution in [-0.4, -0.2) is 22.3 Å². The summed E-state index contributed by atoms with van der Waals surface area (Å²) in [5.74, 6) is -0.0850. The number of benzene rings is 1. The molecule has 0 fully saturated rings. The topological polar surface area (TPSA) is 63.5 Å². The number of hydrogen-bond acceptors (Lipinski definition) is 5. The molecule has 0 unspecified atom stereocenters. The van der Waals surface area contributed by atoms with E-state index in [4.69, 9.17) is 0 Å². The van der Waals surface area contributed by atoms with Crippen LogP contribution in [0.5, 0.6) is 0 Å². The molecule has 7 heteroatoms. The van der Waals surface area contributed by atoms with Crippen LogP contribution in [0.3, 0.4) is 0 Å². The molecule has 3 heterocycles. The van der Waals surface area contributed by atoms with Gasteiger partial charge in [0.15, 0.2) is 0 Å². The molecule has 0 aliphatic carbocycles. The van der Waals surface area contributed by atoms with E-state index in [9.17, 15) is 14.9 Å². The van der Waals surface area contributed by atoms with Crippen molar-refractivity contribution >= 4 is 34.3 Å². The minimum atomic E-state index is -0.420. The maximum absolute atomic E-state index is 13.2. The monoisotopic (exact) mass is 384 g/mol. The van der Waals surface area contributed by atoms with Gasteiger partial charge in [0.25, 0.3) is 11.6 Å². The Kier molecular flexibility index (Phi) is 4.34.